The van der Waals surface area contributed by atoms with Gasteiger partial charge in [0.25, 0.3) is 5.78 Å². The van der Waals surface area contributed by atoms with Crippen molar-refractivity contribution in [2.45, 2.75) is 16.1 Å². The SMILES string of the molecule is COc1cc(C2/C(=C(/O)c3ccccc3)C(=O)C(=O)N2c2nnc(SCc3ccccc3Cl)s2)ccc1O. The molecule has 1 fully saturated rings. The number of rotatable bonds is 7. The third-order valence-corrected chi connectivity index (χ3v) is 8.40. The van der Waals surface area contributed by atoms with Crippen molar-refractivity contribution in [1.82, 2.24) is 10.2 Å². The van der Waals surface area contributed by atoms with Crippen molar-refractivity contribution in [3.63, 3.8) is 0 Å². The van der Waals surface area contributed by atoms with E-state index < -0.39 is 17.7 Å². The number of aromatic nitrogens is 2. The van der Waals surface area contributed by atoms with Crippen LogP contribution in [0.25, 0.3) is 5.76 Å². The highest BCUT2D eigenvalue weighted by atomic mass is 35.5. The lowest BCUT2D eigenvalue weighted by Gasteiger charge is -2.23. The van der Waals surface area contributed by atoms with E-state index in [9.17, 15) is 19.8 Å². The fourth-order valence-electron chi connectivity index (χ4n) is 4.07. The van der Waals surface area contributed by atoms with Gasteiger partial charge in [0.2, 0.25) is 5.13 Å². The van der Waals surface area contributed by atoms with Crippen LogP contribution >= 0.6 is 34.7 Å². The van der Waals surface area contributed by atoms with Crippen molar-refractivity contribution in [2.75, 3.05) is 12.0 Å². The molecule has 3 aromatic carbocycles. The number of hydrogen-bond donors (Lipinski definition) is 2. The van der Waals surface area contributed by atoms with E-state index in [4.69, 9.17) is 16.3 Å². The van der Waals surface area contributed by atoms with Crippen molar-refractivity contribution in [1.29, 1.82) is 0 Å². The van der Waals surface area contributed by atoms with Crippen LogP contribution in [0.4, 0.5) is 5.13 Å². The standard InChI is InChI=1S/C27H20ClN3O5S2/c1-36-20-13-16(11-12-19(20)32)22-21(23(33)15-7-3-2-4-8-15)24(34)25(35)31(22)26-29-30-27(38-26)37-14-17-9-5-6-10-18(17)28/h2-13,22,32-33H,14H2,1H3/b23-21-. The molecule has 1 unspecified atom stereocenters. The van der Waals surface area contributed by atoms with E-state index in [0.717, 1.165) is 16.9 Å². The first-order valence-corrected chi connectivity index (χ1v) is 13.5. The molecule has 0 saturated carbocycles. The number of ether oxygens (including phenoxy) is 1. The Morgan fingerprint density at radius 1 is 1.08 bits per heavy atom. The van der Waals surface area contributed by atoms with Crippen LogP contribution in [0.5, 0.6) is 11.5 Å². The van der Waals surface area contributed by atoms with Gasteiger partial charge in [0, 0.05) is 16.3 Å². The normalized spacial score (nSPS) is 16.7. The van der Waals surface area contributed by atoms with Gasteiger partial charge in [-0.15, -0.1) is 10.2 Å². The molecule has 0 bridgehead atoms. The number of ketones is 1. The number of hydrogen-bond acceptors (Lipinski definition) is 9. The Labute approximate surface area is 231 Å². The number of halogens is 1. The molecule has 0 spiro atoms. The monoisotopic (exact) mass is 565 g/mol. The first-order chi connectivity index (χ1) is 18.4. The second-order valence-electron chi connectivity index (χ2n) is 8.20. The lowest BCUT2D eigenvalue weighted by Crippen LogP contribution is -2.29. The predicted molar refractivity (Wildman–Crippen MR) is 147 cm³/mol. The Bertz CT molecular complexity index is 1560. The molecule has 2 heterocycles. The average molecular weight is 566 g/mol. The smallest absolute Gasteiger partial charge is 0.301 e. The molecule has 1 atom stereocenters. The van der Waals surface area contributed by atoms with Gasteiger partial charge in [-0.25, -0.2) is 0 Å². The van der Waals surface area contributed by atoms with E-state index in [1.165, 1.54) is 35.9 Å². The van der Waals surface area contributed by atoms with Crippen LogP contribution in [0.3, 0.4) is 0 Å². The first kappa shape index (κ1) is 25.8. The number of carbonyl (C=O) groups excluding carboxylic acids is 2. The van der Waals surface area contributed by atoms with Crippen LogP contribution in [0, 0.1) is 0 Å². The highest BCUT2D eigenvalue weighted by Crippen LogP contribution is 2.45. The molecule has 38 heavy (non-hydrogen) atoms. The Hall–Kier alpha value is -3.86. The minimum absolute atomic E-state index is 0.102. The molecule has 8 nitrogen and oxygen atoms in total. The van der Waals surface area contributed by atoms with E-state index in [1.807, 2.05) is 18.2 Å². The lowest BCUT2D eigenvalue weighted by molar-refractivity contribution is -0.132. The number of aliphatic hydroxyl groups is 1. The zero-order chi connectivity index (χ0) is 26.8. The highest BCUT2D eigenvalue weighted by Gasteiger charge is 2.48. The summed E-state index contributed by atoms with van der Waals surface area (Å²) >= 11 is 8.81. The molecule has 1 aromatic heterocycles. The molecular formula is C27H20ClN3O5S2. The van der Waals surface area contributed by atoms with Crippen molar-refractivity contribution in [3.05, 3.63) is 100 Å². The zero-order valence-electron chi connectivity index (χ0n) is 19.9. The van der Waals surface area contributed by atoms with Gasteiger partial charge in [-0.1, -0.05) is 89.3 Å². The summed E-state index contributed by atoms with van der Waals surface area (Å²) < 4.78 is 5.83. The number of nitrogens with zero attached hydrogens (tertiary/aromatic N) is 3. The molecule has 1 amide bonds. The van der Waals surface area contributed by atoms with Gasteiger partial charge in [-0.2, -0.15) is 0 Å². The fraction of sp³-hybridized carbons (Fsp3) is 0.111. The fourth-order valence-corrected chi connectivity index (χ4v) is 6.23. The van der Waals surface area contributed by atoms with E-state index in [1.54, 1.807) is 42.5 Å². The summed E-state index contributed by atoms with van der Waals surface area (Å²) in [6.07, 6.45) is 0. The lowest BCUT2D eigenvalue weighted by atomic mass is 9.95. The van der Waals surface area contributed by atoms with E-state index in [2.05, 4.69) is 10.2 Å². The number of aromatic hydroxyl groups is 1. The molecule has 5 rings (SSSR count). The van der Waals surface area contributed by atoms with Crippen LogP contribution in [0.2, 0.25) is 5.02 Å². The van der Waals surface area contributed by atoms with Crippen LogP contribution in [0.1, 0.15) is 22.7 Å². The Balaban J connectivity index is 1.57. The number of aliphatic hydroxyl groups excluding tert-OH is 1. The summed E-state index contributed by atoms with van der Waals surface area (Å²) in [4.78, 5) is 27.9. The van der Waals surface area contributed by atoms with Crippen molar-refractivity contribution < 1.29 is 24.5 Å². The van der Waals surface area contributed by atoms with Gasteiger partial charge < -0.3 is 14.9 Å². The summed E-state index contributed by atoms with van der Waals surface area (Å²) in [5.41, 5.74) is 1.65. The average Bonchev–Trinajstić information content (AvgIpc) is 3.50. The molecule has 0 aliphatic carbocycles. The maximum Gasteiger partial charge on any atom is 0.301 e. The predicted octanol–water partition coefficient (Wildman–Crippen LogP) is 5.82. The van der Waals surface area contributed by atoms with E-state index >= 15 is 0 Å². The molecule has 4 aromatic rings. The molecule has 2 N–H and O–H groups in total. The molecule has 11 heteroatoms. The summed E-state index contributed by atoms with van der Waals surface area (Å²) in [7, 11) is 1.40. The number of carbonyl (C=O) groups is 2. The first-order valence-electron chi connectivity index (χ1n) is 11.3. The van der Waals surface area contributed by atoms with E-state index in [0.29, 0.717) is 26.2 Å². The molecule has 1 aliphatic heterocycles. The van der Waals surface area contributed by atoms with Gasteiger partial charge in [0.1, 0.15) is 5.76 Å². The molecule has 1 aliphatic rings. The maximum absolute atomic E-state index is 13.4. The summed E-state index contributed by atoms with van der Waals surface area (Å²) in [6, 6.07) is 19.4. The number of phenolic OH excluding ortho intramolecular Hbond substituents is 1. The van der Waals surface area contributed by atoms with Crippen molar-refractivity contribution in [3.8, 4) is 11.5 Å². The number of phenols is 1. The number of benzene rings is 3. The van der Waals surface area contributed by atoms with Gasteiger partial charge >= 0.3 is 5.91 Å². The minimum Gasteiger partial charge on any atom is -0.507 e. The third kappa shape index (κ3) is 4.85. The Kier molecular flexibility index (Phi) is 7.37. The van der Waals surface area contributed by atoms with Gasteiger partial charge in [0.05, 0.1) is 18.7 Å². The Morgan fingerprint density at radius 3 is 2.55 bits per heavy atom. The quantitative estimate of drug-likeness (QED) is 0.0947. The number of anilines is 1. The maximum atomic E-state index is 13.4. The molecule has 192 valence electrons. The summed E-state index contributed by atoms with van der Waals surface area (Å²) in [5, 5.41) is 30.5. The van der Waals surface area contributed by atoms with Crippen LogP contribution in [-0.4, -0.2) is 39.2 Å². The Morgan fingerprint density at radius 2 is 1.82 bits per heavy atom. The van der Waals surface area contributed by atoms with Crippen molar-refractivity contribution in [2.24, 2.45) is 0 Å². The van der Waals surface area contributed by atoms with Gasteiger partial charge in [-0.3, -0.25) is 14.5 Å². The summed E-state index contributed by atoms with van der Waals surface area (Å²) in [6.45, 7) is 0. The summed E-state index contributed by atoms with van der Waals surface area (Å²) in [5.74, 6) is -1.44. The minimum atomic E-state index is -1.03. The third-order valence-electron chi connectivity index (χ3n) is 5.92. The highest BCUT2D eigenvalue weighted by molar-refractivity contribution is 8.00. The molecule has 0 radical (unpaired) electrons. The molecular weight excluding hydrogens is 546 g/mol. The molecule has 1 saturated heterocycles. The number of amides is 1. The number of Topliss-reactive ketones (excluding diaryl/α,β-unsaturated/α-hetero) is 1. The van der Waals surface area contributed by atoms with Gasteiger partial charge in [0.15, 0.2) is 15.8 Å². The second-order valence-corrected chi connectivity index (χ2v) is 10.8. The van der Waals surface area contributed by atoms with Crippen LogP contribution in [-0.2, 0) is 15.3 Å². The van der Waals surface area contributed by atoms with E-state index in [-0.39, 0.29) is 28.0 Å². The number of methoxy groups -OCH3 is 1. The van der Waals surface area contributed by atoms with Crippen LogP contribution < -0.4 is 9.64 Å². The largest absolute Gasteiger partial charge is 0.507 e. The second kappa shape index (κ2) is 10.9. The van der Waals surface area contributed by atoms with Crippen molar-refractivity contribution >= 4 is 57.3 Å². The number of thioether (sulfide) groups is 1. The van der Waals surface area contributed by atoms with Crippen LogP contribution in [0.15, 0.2) is 82.7 Å². The topological polar surface area (TPSA) is 113 Å². The zero-order valence-corrected chi connectivity index (χ0v) is 22.3. The van der Waals surface area contributed by atoms with Gasteiger partial charge in [-0.05, 0) is 29.3 Å².